The van der Waals surface area contributed by atoms with Gasteiger partial charge < -0.3 is 33.2 Å². The number of methoxy groups -OCH3 is 1. The van der Waals surface area contributed by atoms with E-state index in [1.165, 1.54) is 31.5 Å². The number of hydrogen-bond acceptors (Lipinski definition) is 13. The number of carbonyl (C=O) groups is 5. The second kappa shape index (κ2) is 13.5. The van der Waals surface area contributed by atoms with Gasteiger partial charge in [-0.15, -0.1) is 0 Å². The van der Waals surface area contributed by atoms with Crippen molar-refractivity contribution in [3.8, 4) is 16.9 Å². The lowest BCUT2D eigenvalue weighted by Gasteiger charge is -2.43. The maximum Gasteiger partial charge on any atom is 0.356 e. The number of pyridine rings is 1. The summed E-state index contributed by atoms with van der Waals surface area (Å²) in [5.41, 5.74) is 1.44. The zero-order valence-corrected chi connectivity index (χ0v) is 21.3. The lowest BCUT2D eigenvalue weighted by molar-refractivity contribution is -0.288. The Morgan fingerprint density at radius 1 is 0.800 bits per heavy atom. The summed E-state index contributed by atoms with van der Waals surface area (Å²) in [5.74, 6) is -4.67. The molecule has 1 unspecified atom stereocenters. The van der Waals surface area contributed by atoms with Gasteiger partial charge in [0.05, 0.1) is 7.11 Å². The van der Waals surface area contributed by atoms with Crippen LogP contribution in [-0.2, 0) is 47.6 Å². The van der Waals surface area contributed by atoms with Gasteiger partial charge in [0.15, 0.2) is 12.2 Å². The molecule has 1 saturated heterocycles. The van der Waals surface area contributed by atoms with Crippen molar-refractivity contribution in [3.63, 3.8) is 0 Å². The Morgan fingerprint density at radius 3 is 1.98 bits per heavy atom. The Balaban J connectivity index is 1.95. The third-order valence-electron chi connectivity index (χ3n) is 5.40. The van der Waals surface area contributed by atoms with Crippen molar-refractivity contribution in [2.75, 3.05) is 13.7 Å². The third-order valence-corrected chi connectivity index (χ3v) is 5.40. The molecule has 13 heteroatoms. The first-order valence-electron chi connectivity index (χ1n) is 14.3. The number of aromatic nitrogens is 1. The molecule has 13 nitrogen and oxygen atoms in total. The molecule has 0 N–H and O–H groups in total. The number of esters is 5. The molecule has 1 fully saturated rings. The summed E-state index contributed by atoms with van der Waals surface area (Å²) in [7, 11) is 1.24. The molecule has 1 aliphatic rings. The molecular formula is C27H29NO12. The van der Waals surface area contributed by atoms with Gasteiger partial charge >= 0.3 is 29.8 Å². The summed E-state index contributed by atoms with van der Waals surface area (Å²) in [6.07, 6.45) is -6.45. The molecule has 0 radical (unpaired) electrons. The highest BCUT2D eigenvalue weighted by molar-refractivity contribution is 5.87. The molecule has 0 amide bonds. The van der Waals surface area contributed by atoms with Crippen LogP contribution in [0.15, 0.2) is 42.6 Å². The first kappa shape index (κ1) is 24.5. The van der Waals surface area contributed by atoms with Crippen LogP contribution < -0.4 is 4.74 Å². The Kier molecular flexibility index (Phi) is 8.28. The van der Waals surface area contributed by atoms with Gasteiger partial charge in [-0.05, 0) is 23.8 Å². The average Bonchev–Trinajstić information content (AvgIpc) is 3.05. The van der Waals surface area contributed by atoms with E-state index in [0.29, 0.717) is 11.1 Å². The molecule has 0 bridgehead atoms. The standard InChI is InChI=1S/C27H29NO12/c1-14(29)35-13-22-23(36-15(2)30)24(37-16(3)31)25(38-17(4)32)27(40-22)39-20-9-6-18(7-10-20)19-8-11-21(28-12-19)26(33)34-5/h6-12,22-25,27H,13H2,1-5H3/t22-,23-,24+,25+,27?/m1/s1/i1D,2D,3D,4D. The Labute approximate surface area is 235 Å². The number of carbonyl (C=O) groups excluding carboxylic acids is 5. The van der Waals surface area contributed by atoms with Gasteiger partial charge in [-0.25, -0.2) is 9.78 Å². The van der Waals surface area contributed by atoms with Crippen LogP contribution in [0.2, 0.25) is 0 Å². The highest BCUT2D eigenvalue weighted by atomic mass is 16.7. The summed E-state index contributed by atoms with van der Waals surface area (Å²) in [5, 5.41) is 0. The SMILES string of the molecule is [2H]CC(=O)OC[C@H]1OC(Oc2ccc(-c3ccc(C(=O)OC)nc3)cc2)[C@@H](OC(=O)C[2H])[C@@H](OC(=O)C[2H])[C@@H]1OC(=O)C[2H]. The third kappa shape index (κ3) is 7.99. The van der Waals surface area contributed by atoms with Gasteiger partial charge in [0.25, 0.3) is 0 Å². The highest BCUT2D eigenvalue weighted by Gasteiger charge is 2.53. The topological polar surface area (TPSA) is 163 Å². The molecule has 0 aliphatic carbocycles. The molecule has 1 aliphatic heterocycles. The molecule has 40 heavy (non-hydrogen) atoms. The molecule has 0 spiro atoms. The lowest BCUT2D eigenvalue weighted by atomic mass is 9.98. The van der Waals surface area contributed by atoms with Gasteiger partial charge in [0.1, 0.15) is 24.2 Å². The van der Waals surface area contributed by atoms with Crippen LogP contribution in [0.3, 0.4) is 0 Å². The Bertz CT molecular complexity index is 1310. The summed E-state index contributed by atoms with van der Waals surface area (Å²) in [4.78, 5) is 64.0. The van der Waals surface area contributed by atoms with Gasteiger partial charge in [-0.1, -0.05) is 18.2 Å². The van der Waals surface area contributed by atoms with E-state index in [2.05, 4.69) is 9.72 Å². The monoisotopic (exact) mass is 563 g/mol. The summed E-state index contributed by atoms with van der Waals surface area (Å²) >= 11 is 0. The van der Waals surface area contributed by atoms with Crippen molar-refractivity contribution in [2.45, 2.75) is 58.3 Å². The second-order valence-corrected chi connectivity index (χ2v) is 8.16. The van der Waals surface area contributed by atoms with E-state index in [4.69, 9.17) is 33.9 Å². The number of rotatable bonds is 9. The van der Waals surface area contributed by atoms with Crippen molar-refractivity contribution >= 4 is 29.8 Å². The molecule has 1 aromatic heterocycles. The minimum Gasteiger partial charge on any atom is -0.464 e. The van der Waals surface area contributed by atoms with Crippen molar-refractivity contribution in [2.24, 2.45) is 0 Å². The van der Waals surface area contributed by atoms with Gasteiger partial charge in [-0.2, -0.15) is 0 Å². The molecule has 2 aromatic rings. The van der Waals surface area contributed by atoms with Crippen LogP contribution in [0.4, 0.5) is 0 Å². The minimum atomic E-state index is -1.67. The highest BCUT2D eigenvalue weighted by Crippen LogP contribution is 2.31. The maximum absolute atomic E-state index is 12.2. The van der Waals surface area contributed by atoms with E-state index in [9.17, 15) is 24.0 Å². The van der Waals surface area contributed by atoms with Crippen LogP contribution in [0.5, 0.6) is 5.75 Å². The summed E-state index contributed by atoms with van der Waals surface area (Å²) in [6.45, 7) is -3.91. The predicted molar refractivity (Wildman–Crippen MR) is 134 cm³/mol. The van der Waals surface area contributed by atoms with Gasteiger partial charge in [0.2, 0.25) is 12.4 Å². The van der Waals surface area contributed by atoms with Crippen molar-refractivity contribution in [3.05, 3.63) is 48.3 Å². The molecule has 214 valence electrons. The lowest BCUT2D eigenvalue weighted by Crippen LogP contribution is -2.63. The van der Waals surface area contributed by atoms with E-state index >= 15 is 0 Å². The van der Waals surface area contributed by atoms with Crippen LogP contribution in [0.1, 0.15) is 43.6 Å². The fourth-order valence-electron chi connectivity index (χ4n) is 3.79. The summed E-state index contributed by atoms with van der Waals surface area (Å²) in [6, 6.07) is 9.46. The Morgan fingerprint density at radius 2 is 1.40 bits per heavy atom. The smallest absolute Gasteiger partial charge is 0.356 e. The van der Waals surface area contributed by atoms with Gasteiger partial charge in [-0.3, -0.25) is 19.2 Å². The van der Waals surface area contributed by atoms with E-state index < -0.39 is 94.8 Å². The van der Waals surface area contributed by atoms with Crippen molar-refractivity contribution in [1.82, 2.24) is 4.98 Å². The van der Waals surface area contributed by atoms with E-state index in [1.54, 1.807) is 18.2 Å². The van der Waals surface area contributed by atoms with E-state index in [1.807, 2.05) is 0 Å². The first-order valence-corrected chi connectivity index (χ1v) is 11.5. The second-order valence-electron chi connectivity index (χ2n) is 8.16. The number of benzene rings is 1. The zero-order chi connectivity index (χ0) is 32.2. The largest absolute Gasteiger partial charge is 0.464 e. The Hall–Kier alpha value is -4.52. The van der Waals surface area contributed by atoms with Crippen molar-refractivity contribution < 1.29 is 62.6 Å². The fraction of sp³-hybridized carbons (Fsp3) is 0.407. The summed E-state index contributed by atoms with van der Waals surface area (Å²) < 4.78 is 66.6. The minimum absolute atomic E-state index is 0.120. The zero-order valence-electron chi connectivity index (χ0n) is 25.3. The molecule has 3 rings (SSSR count). The number of hydrogen-bond donors (Lipinski definition) is 0. The van der Waals surface area contributed by atoms with Crippen molar-refractivity contribution in [1.29, 1.82) is 0 Å². The van der Waals surface area contributed by atoms with Crippen LogP contribution >= 0.6 is 0 Å². The molecule has 5 atom stereocenters. The van der Waals surface area contributed by atoms with Crippen LogP contribution in [0, 0.1) is 0 Å². The quantitative estimate of drug-likeness (QED) is 0.322. The van der Waals surface area contributed by atoms with Crippen LogP contribution in [-0.4, -0.2) is 79.3 Å². The van der Waals surface area contributed by atoms with E-state index in [-0.39, 0.29) is 11.4 Å². The number of nitrogens with zero attached hydrogens (tertiary/aromatic N) is 1. The number of ether oxygens (including phenoxy) is 7. The fourth-order valence-corrected chi connectivity index (χ4v) is 3.79. The molecule has 0 saturated carbocycles. The molecule has 2 heterocycles. The molecular weight excluding hydrogens is 530 g/mol. The molecule has 1 aromatic carbocycles. The van der Waals surface area contributed by atoms with Crippen LogP contribution in [0.25, 0.3) is 11.1 Å². The average molecular weight is 564 g/mol. The van der Waals surface area contributed by atoms with E-state index in [0.717, 1.165) is 0 Å². The first-order chi connectivity index (χ1) is 21.1. The normalized spacial score (nSPS) is 23.2. The van der Waals surface area contributed by atoms with Gasteiger partial charge in [0, 0.05) is 44.8 Å². The predicted octanol–water partition coefficient (Wildman–Crippen LogP) is 2.00. The maximum atomic E-state index is 12.2.